The summed E-state index contributed by atoms with van der Waals surface area (Å²) in [5, 5.41) is 0. The van der Waals surface area contributed by atoms with Crippen molar-refractivity contribution >= 4 is 8.80 Å². The van der Waals surface area contributed by atoms with Crippen molar-refractivity contribution < 1.29 is 13.3 Å². The van der Waals surface area contributed by atoms with Crippen LogP contribution in [0.5, 0.6) is 0 Å². The zero-order valence-corrected chi connectivity index (χ0v) is 9.41. The molecule has 0 aromatic carbocycles. The minimum Gasteiger partial charge on any atom is -0.377 e. The Labute approximate surface area is 81.4 Å². The van der Waals surface area contributed by atoms with Gasteiger partial charge in [-0.15, -0.1) is 13.2 Å². The highest BCUT2D eigenvalue weighted by Crippen LogP contribution is 2.14. The number of rotatable bonds is 8. The maximum absolute atomic E-state index is 5.56. The van der Waals surface area contributed by atoms with Crippen molar-refractivity contribution in [2.75, 3.05) is 20.8 Å². The molecule has 0 fully saturated rings. The fourth-order valence-corrected chi connectivity index (χ4v) is 2.54. The minimum atomic E-state index is -2.45. The van der Waals surface area contributed by atoms with Gasteiger partial charge in [0.15, 0.2) is 0 Å². The minimum absolute atomic E-state index is 0.589. The van der Waals surface area contributed by atoms with Gasteiger partial charge in [-0.25, -0.2) is 0 Å². The van der Waals surface area contributed by atoms with Crippen molar-refractivity contribution in [3.63, 3.8) is 0 Å². The van der Waals surface area contributed by atoms with Crippen LogP contribution in [0.1, 0.15) is 6.42 Å². The van der Waals surface area contributed by atoms with Gasteiger partial charge in [0.2, 0.25) is 0 Å². The number of hydrogen-bond donors (Lipinski definition) is 0. The predicted molar refractivity (Wildman–Crippen MR) is 55.5 cm³/mol. The molecule has 0 N–H and O–H groups in total. The van der Waals surface area contributed by atoms with Gasteiger partial charge in [0.1, 0.15) is 0 Å². The van der Waals surface area contributed by atoms with E-state index in [-0.39, 0.29) is 0 Å². The Hall–Kier alpha value is -0.423. The number of hydrogen-bond acceptors (Lipinski definition) is 3. The molecule has 0 unspecified atom stereocenters. The Balaban J connectivity index is 4.03. The van der Waals surface area contributed by atoms with E-state index in [1.165, 1.54) is 0 Å². The second-order valence-corrected chi connectivity index (χ2v) is 5.39. The lowest BCUT2D eigenvalue weighted by atomic mass is 10.5. The summed E-state index contributed by atoms with van der Waals surface area (Å²) in [5.74, 6) is 0. The largest absolute Gasteiger partial charge is 0.504 e. The second-order valence-electron chi connectivity index (χ2n) is 2.51. The van der Waals surface area contributed by atoms with E-state index in [9.17, 15) is 0 Å². The first-order valence-corrected chi connectivity index (χ1v) is 6.14. The lowest BCUT2D eigenvalue weighted by Crippen LogP contribution is -2.43. The summed E-state index contributed by atoms with van der Waals surface area (Å²) in [6.45, 7) is 7.84. The van der Waals surface area contributed by atoms with Gasteiger partial charge in [0.05, 0.1) is 0 Å². The highest BCUT2D eigenvalue weighted by Gasteiger charge is 2.37. The monoisotopic (exact) mass is 202 g/mol. The van der Waals surface area contributed by atoms with Gasteiger partial charge in [-0.3, -0.25) is 0 Å². The van der Waals surface area contributed by atoms with Crippen LogP contribution in [0.4, 0.5) is 0 Å². The molecule has 0 aliphatic carbocycles. The normalized spacial score (nSPS) is 11.2. The first-order chi connectivity index (χ1) is 6.24. The fraction of sp³-hybridized carbons (Fsp3) is 0.556. The highest BCUT2D eigenvalue weighted by atomic mass is 28.4. The van der Waals surface area contributed by atoms with Crippen molar-refractivity contribution in [1.29, 1.82) is 0 Å². The van der Waals surface area contributed by atoms with E-state index in [0.29, 0.717) is 12.7 Å². The van der Waals surface area contributed by atoms with Crippen LogP contribution < -0.4 is 0 Å². The summed E-state index contributed by atoms with van der Waals surface area (Å²) in [4.78, 5) is 0. The summed E-state index contributed by atoms with van der Waals surface area (Å²) in [7, 11) is 0.762. The molecule has 0 heterocycles. The van der Waals surface area contributed by atoms with Crippen LogP contribution >= 0.6 is 0 Å². The molecule has 0 aliphatic rings. The smallest absolute Gasteiger partial charge is 0.377 e. The molecule has 0 saturated heterocycles. The summed E-state index contributed by atoms with van der Waals surface area (Å²) >= 11 is 0. The van der Waals surface area contributed by atoms with Crippen LogP contribution in [0.15, 0.2) is 25.3 Å². The van der Waals surface area contributed by atoms with Crippen LogP contribution in [-0.4, -0.2) is 29.6 Å². The predicted octanol–water partition coefficient (Wildman–Crippen LogP) is 2.00. The van der Waals surface area contributed by atoms with E-state index in [1.807, 2.05) is 0 Å². The third-order valence-corrected chi connectivity index (χ3v) is 4.34. The van der Waals surface area contributed by atoms with Gasteiger partial charge in [-0.2, -0.15) is 0 Å². The zero-order chi connectivity index (χ0) is 10.2. The van der Waals surface area contributed by atoms with E-state index < -0.39 is 8.80 Å². The maximum Gasteiger partial charge on any atom is 0.504 e. The van der Waals surface area contributed by atoms with Gasteiger partial charge >= 0.3 is 8.80 Å². The molecule has 0 saturated carbocycles. The van der Waals surface area contributed by atoms with E-state index in [0.717, 1.165) is 6.42 Å². The molecule has 0 aromatic heterocycles. The Morgan fingerprint density at radius 2 is 1.77 bits per heavy atom. The molecule has 0 rings (SSSR count). The molecule has 0 atom stereocenters. The molecule has 0 amide bonds. The van der Waals surface area contributed by atoms with Crippen LogP contribution in [0.3, 0.4) is 0 Å². The molecule has 76 valence electrons. The van der Waals surface area contributed by atoms with Gasteiger partial charge in [0, 0.05) is 26.9 Å². The quantitative estimate of drug-likeness (QED) is 0.342. The van der Waals surface area contributed by atoms with Crippen molar-refractivity contribution in [1.82, 2.24) is 0 Å². The third-order valence-electron chi connectivity index (χ3n) is 1.66. The van der Waals surface area contributed by atoms with Crippen molar-refractivity contribution in [3.8, 4) is 0 Å². The fourth-order valence-electron chi connectivity index (χ4n) is 0.901. The Morgan fingerprint density at radius 3 is 2.15 bits per heavy atom. The molecule has 3 nitrogen and oxygen atoms in total. The van der Waals surface area contributed by atoms with E-state index in [2.05, 4.69) is 13.2 Å². The molecule has 4 heteroatoms. The van der Waals surface area contributed by atoms with E-state index in [1.54, 1.807) is 26.4 Å². The van der Waals surface area contributed by atoms with E-state index >= 15 is 0 Å². The van der Waals surface area contributed by atoms with Crippen molar-refractivity contribution in [3.05, 3.63) is 25.3 Å². The topological polar surface area (TPSA) is 27.7 Å². The van der Waals surface area contributed by atoms with Crippen LogP contribution in [0, 0.1) is 0 Å². The molecular formula is C9H18O3Si. The third kappa shape index (κ3) is 4.38. The molecule has 0 spiro atoms. The van der Waals surface area contributed by atoms with Gasteiger partial charge in [0.25, 0.3) is 0 Å². The molecule has 0 radical (unpaired) electrons. The maximum atomic E-state index is 5.56. The average Bonchev–Trinajstić information content (AvgIpc) is 2.17. The SMILES string of the molecule is C=CCCO[Si](CC=C)(OC)OC. The second kappa shape index (κ2) is 7.03. The highest BCUT2D eigenvalue weighted by molar-refractivity contribution is 6.61. The average molecular weight is 202 g/mol. The van der Waals surface area contributed by atoms with Gasteiger partial charge < -0.3 is 13.3 Å². The molecule has 0 aliphatic heterocycles. The van der Waals surface area contributed by atoms with Crippen LogP contribution in [0.25, 0.3) is 0 Å². The molecule has 0 bridgehead atoms. The molecule has 0 aromatic rings. The first kappa shape index (κ1) is 12.6. The number of allylic oxidation sites excluding steroid dienone is 1. The van der Waals surface area contributed by atoms with E-state index in [4.69, 9.17) is 13.3 Å². The molecule has 13 heavy (non-hydrogen) atoms. The van der Waals surface area contributed by atoms with Gasteiger partial charge in [-0.05, 0) is 6.42 Å². The molecular weight excluding hydrogens is 184 g/mol. The Kier molecular flexibility index (Phi) is 6.80. The van der Waals surface area contributed by atoms with Crippen molar-refractivity contribution in [2.24, 2.45) is 0 Å². The van der Waals surface area contributed by atoms with Gasteiger partial charge in [-0.1, -0.05) is 12.2 Å². The summed E-state index contributed by atoms with van der Waals surface area (Å²) in [6, 6.07) is 0.636. The lowest BCUT2D eigenvalue weighted by molar-refractivity contribution is 0.103. The van der Waals surface area contributed by atoms with Crippen LogP contribution in [-0.2, 0) is 13.3 Å². The Bertz CT molecular complexity index is 155. The first-order valence-electron chi connectivity index (χ1n) is 4.20. The van der Waals surface area contributed by atoms with Crippen molar-refractivity contribution in [2.45, 2.75) is 12.5 Å². The van der Waals surface area contributed by atoms with Crippen LogP contribution in [0.2, 0.25) is 6.04 Å². The zero-order valence-electron chi connectivity index (χ0n) is 8.41. The lowest BCUT2D eigenvalue weighted by Gasteiger charge is -2.24. The summed E-state index contributed by atoms with van der Waals surface area (Å²) in [5.41, 5.74) is 0. The standard InChI is InChI=1S/C9H18O3Si/c1-5-7-8-12-13(10-3,11-4)9-6-2/h5-6H,1-2,7-9H2,3-4H3. The summed E-state index contributed by atoms with van der Waals surface area (Å²) in [6.07, 6.45) is 4.37. The summed E-state index contributed by atoms with van der Waals surface area (Å²) < 4.78 is 16.1. The Morgan fingerprint density at radius 1 is 1.15 bits per heavy atom.